The van der Waals surface area contributed by atoms with Crippen LogP contribution in [0, 0.1) is 0 Å². The average Bonchev–Trinajstić information content (AvgIpc) is 2.70. The van der Waals surface area contributed by atoms with Crippen molar-refractivity contribution in [2.24, 2.45) is 10.1 Å². The molecule has 0 fully saturated rings. The molecule has 1 aliphatic rings. The van der Waals surface area contributed by atoms with Gasteiger partial charge in [-0.3, -0.25) is 0 Å². The first-order valence-corrected chi connectivity index (χ1v) is 7.42. The van der Waals surface area contributed by atoms with Crippen LogP contribution in [0.2, 0.25) is 5.02 Å². The van der Waals surface area contributed by atoms with E-state index >= 15 is 0 Å². The molecule has 1 aromatic carbocycles. The second kappa shape index (κ2) is 5.04. The predicted octanol–water partition coefficient (Wildman–Crippen LogP) is 0.606. The van der Waals surface area contributed by atoms with Gasteiger partial charge in [0.1, 0.15) is 11.0 Å². The van der Waals surface area contributed by atoms with Crippen molar-refractivity contribution in [1.82, 2.24) is 0 Å². The van der Waals surface area contributed by atoms with E-state index in [2.05, 4.69) is 4.99 Å². The molecule has 2 rings (SSSR count). The highest BCUT2D eigenvalue weighted by atomic mass is 35.5. The van der Waals surface area contributed by atoms with Crippen LogP contribution in [0.5, 0.6) is 0 Å². The Balaban J connectivity index is 2.46. The summed E-state index contributed by atoms with van der Waals surface area (Å²) in [5.41, 5.74) is 0.300. The zero-order chi connectivity index (χ0) is 15.1. The van der Waals surface area contributed by atoms with Crippen molar-refractivity contribution in [3.05, 3.63) is 28.8 Å². The Hall–Kier alpha value is -1.64. The van der Waals surface area contributed by atoms with Gasteiger partial charge < -0.3 is 9.84 Å². The molecule has 108 valence electrons. The molecule has 0 radical (unpaired) electrons. The fourth-order valence-electron chi connectivity index (χ4n) is 1.76. The van der Waals surface area contributed by atoms with E-state index in [4.69, 9.17) is 26.6 Å². The molecule has 2 unspecified atom stereocenters. The van der Waals surface area contributed by atoms with Crippen molar-refractivity contribution < 1.29 is 23.1 Å². The van der Waals surface area contributed by atoms with Crippen LogP contribution in [0.15, 0.2) is 28.1 Å². The fourth-order valence-corrected chi connectivity index (χ4v) is 2.83. The van der Waals surface area contributed by atoms with Crippen LogP contribution in [0.3, 0.4) is 0 Å². The topological polar surface area (TPSA) is 119 Å². The fraction of sp³-hybridized carbons (Fsp3) is 0.273. The Kier molecular flexibility index (Phi) is 3.72. The summed E-state index contributed by atoms with van der Waals surface area (Å²) in [6, 6.07) is 2.99. The van der Waals surface area contributed by atoms with Gasteiger partial charge in [0.15, 0.2) is 6.04 Å². The molecular formula is C11H11ClN2O5S. The zero-order valence-corrected chi connectivity index (χ0v) is 11.9. The monoisotopic (exact) mass is 318 g/mol. The molecule has 0 bridgehead atoms. The number of hydrogen-bond donors (Lipinski definition) is 2. The van der Waals surface area contributed by atoms with Crippen LogP contribution in [0.4, 0.5) is 0 Å². The molecule has 20 heavy (non-hydrogen) atoms. The van der Waals surface area contributed by atoms with Crippen molar-refractivity contribution in [3.8, 4) is 0 Å². The van der Waals surface area contributed by atoms with Crippen LogP contribution in [0.1, 0.15) is 12.5 Å². The summed E-state index contributed by atoms with van der Waals surface area (Å²) in [6.07, 6.45) is -0.642. The van der Waals surface area contributed by atoms with E-state index < -0.39 is 28.1 Å². The Bertz CT molecular complexity index is 701. The van der Waals surface area contributed by atoms with E-state index in [0.717, 1.165) is 0 Å². The van der Waals surface area contributed by atoms with Crippen molar-refractivity contribution in [2.45, 2.75) is 24.0 Å². The number of nitrogens with zero attached hydrogens (tertiary/aromatic N) is 1. The maximum absolute atomic E-state index is 11.4. The number of carboxylic acid groups (broad SMARTS) is 1. The van der Waals surface area contributed by atoms with Crippen molar-refractivity contribution in [3.63, 3.8) is 0 Å². The SMILES string of the molecule is CC1OC(c2ccc(Cl)c(S(N)(=O)=O)c2)=NC1C(=O)O. The first-order chi connectivity index (χ1) is 9.20. The van der Waals surface area contributed by atoms with E-state index in [1.807, 2.05) is 0 Å². The number of benzene rings is 1. The summed E-state index contributed by atoms with van der Waals surface area (Å²) in [7, 11) is -3.99. The third-order valence-electron chi connectivity index (χ3n) is 2.74. The van der Waals surface area contributed by atoms with E-state index in [0.29, 0.717) is 5.56 Å². The van der Waals surface area contributed by atoms with Crippen molar-refractivity contribution in [2.75, 3.05) is 0 Å². The maximum atomic E-state index is 11.4. The third-order valence-corrected chi connectivity index (χ3v) is 4.13. The normalized spacial score (nSPS) is 22.2. The Labute approximate surface area is 120 Å². The summed E-state index contributed by atoms with van der Waals surface area (Å²) in [5.74, 6) is -1.07. The van der Waals surface area contributed by atoms with Crippen molar-refractivity contribution >= 4 is 33.5 Å². The van der Waals surface area contributed by atoms with Gasteiger partial charge in [-0.05, 0) is 25.1 Å². The van der Waals surface area contributed by atoms with Crippen LogP contribution in [0.25, 0.3) is 0 Å². The molecule has 3 N–H and O–H groups in total. The maximum Gasteiger partial charge on any atom is 0.332 e. The zero-order valence-electron chi connectivity index (χ0n) is 10.3. The highest BCUT2D eigenvalue weighted by Gasteiger charge is 2.33. The molecule has 2 atom stereocenters. The summed E-state index contributed by atoms with van der Waals surface area (Å²) >= 11 is 5.76. The Morgan fingerprint density at radius 2 is 2.15 bits per heavy atom. The Morgan fingerprint density at radius 3 is 2.65 bits per heavy atom. The molecule has 0 spiro atoms. The standard InChI is InChI=1S/C11H11ClN2O5S/c1-5-9(11(15)16)14-10(19-5)6-2-3-7(12)8(4-6)20(13,17)18/h2-5,9H,1H3,(H,15,16)(H2,13,17,18). The molecule has 1 aliphatic heterocycles. The largest absolute Gasteiger partial charge is 0.480 e. The number of aliphatic carboxylic acids is 1. The van der Waals surface area contributed by atoms with Gasteiger partial charge in [0.05, 0.1) is 5.02 Å². The van der Waals surface area contributed by atoms with Crippen LogP contribution in [-0.4, -0.2) is 37.5 Å². The highest BCUT2D eigenvalue weighted by Crippen LogP contribution is 2.25. The summed E-state index contributed by atoms with van der Waals surface area (Å²) in [5, 5.41) is 14.0. The molecule has 0 aromatic heterocycles. The second-order valence-electron chi connectivity index (χ2n) is 4.23. The minimum atomic E-state index is -3.99. The van der Waals surface area contributed by atoms with Gasteiger partial charge in [0.25, 0.3) is 0 Å². The van der Waals surface area contributed by atoms with Crippen LogP contribution >= 0.6 is 11.6 Å². The molecule has 0 amide bonds. The number of primary sulfonamides is 1. The minimum absolute atomic E-state index is 0.0299. The average molecular weight is 319 g/mol. The molecule has 9 heteroatoms. The Morgan fingerprint density at radius 1 is 1.50 bits per heavy atom. The lowest BCUT2D eigenvalue weighted by Crippen LogP contribution is -2.27. The number of carbonyl (C=O) groups is 1. The summed E-state index contributed by atoms with van der Waals surface area (Å²) in [6.45, 7) is 1.56. The van der Waals surface area contributed by atoms with E-state index in [-0.39, 0.29) is 15.8 Å². The number of nitrogens with two attached hydrogens (primary N) is 1. The van der Waals surface area contributed by atoms with Gasteiger partial charge in [-0.25, -0.2) is 23.3 Å². The van der Waals surface area contributed by atoms with Gasteiger partial charge in [0, 0.05) is 5.56 Å². The molecule has 0 saturated carbocycles. The van der Waals surface area contributed by atoms with E-state index in [1.54, 1.807) is 6.92 Å². The van der Waals surface area contributed by atoms with Crippen LogP contribution in [-0.2, 0) is 19.6 Å². The lowest BCUT2D eigenvalue weighted by Gasteiger charge is -2.09. The van der Waals surface area contributed by atoms with Gasteiger partial charge in [-0.1, -0.05) is 11.6 Å². The molecule has 1 aromatic rings. The lowest BCUT2D eigenvalue weighted by molar-refractivity contribution is -0.139. The second-order valence-corrected chi connectivity index (χ2v) is 6.17. The minimum Gasteiger partial charge on any atom is -0.480 e. The number of hydrogen-bond acceptors (Lipinski definition) is 5. The van der Waals surface area contributed by atoms with Crippen LogP contribution < -0.4 is 5.14 Å². The number of carboxylic acids is 1. The van der Waals surface area contributed by atoms with Crippen molar-refractivity contribution in [1.29, 1.82) is 0 Å². The number of halogens is 1. The number of rotatable bonds is 3. The van der Waals surface area contributed by atoms with E-state index in [9.17, 15) is 13.2 Å². The van der Waals surface area contributed by atoms with E-state index in [1.165, 1.54) is 18.2 Å². The molecular weight excluding hydrogens is 308 g/mol. The summed E-state index contributed by atoms with van der Waals surface area (Å²) < 4.78 is 28.1. The van der Waals surface area contributed by atoms with Gasteiger partial charge in [-0.15, -0.1) is 0 Å². The van der Waals surface area contributed by atoms with Gasteiger partial charge in [-0.2, -0.15) is 0 Å². The lowest BCUT2D eigenvalue weighted by atomic mass is 10.2. The first-order valence-electron chi connectivity index (χ1n) is 5.50. The summed E-state index contributed by atoms with van der Waals surface area (Å²) in [4.78, 5) is 14.6. The highest BCUT2D eigenvalue weighted by molar-refractivity contribution is 7.89. The predicted molar refractivity (Wildman–Crippen MR) is 71.3 cm³/mol. The molecule has 7 nitrogen and oxygen atoms in total. The molecule has 0 aliphatic carbocycles. The molecule has 1 heterocycles. The number of aliphatic imine (C=N–C) groups is 1. The number of ether oxygens (including phenoxy) is 1. The quantitative estimate of drug-likeness (QED) is 0.846. The third kappa shape index (κ3) is 2.77. The first kappa shape index (κ1) is 14.8. The van der Waals surface area contributed by atoms with Gasteiger partial charge >= 0.3 is 5.97 Å². The number of sulfonamides is 1. The molecule has 0 saturated heterocycles. The van der Waals surface area contributed by atoms with Gasteiger partial charge in [0.2, 0.25) is 15.9 Å². The smallest absolute Gasteiger partial charge is 0.332 e.